The van der Waals surface area contributed by atoms with Crippen LogP contribution in [-0.2, 0) is 12.7 Å². The number of hydrogen-bond acceptors (Lipinski definition) is 3. The standard InChI is InChI=1S/C14H13F3N2O/c1-9-6-11(4-5-19-9)20-13-3-2-10(8-18)7-12(13)14(15,16)17/h2-7H,8,18H2,1H3. The number of aryl methyl sites for hydroxylation is 1. The molecule has 1 aromatic carbocycles. The number of benzene rings is 1. The third kappa shape index (κ3) is 3.27. The molecule has 1 heterocycles. The first-order chi connectivity index (χ1) is 9.40. The fourth-order valence-electron chi connectivity index (χ4n) is 1.72. The van der Waals surface area contributed by atoms with Crippen LogP contribution in [0.2, 0.25) is 0 Å². The molecule has 0 bridgehead atoms. The predicted octanol–water partition coefficient (Wildman–Crippen LogP) is 3.66. The van der Waals surface area contributed by atoms with Gasteiger partial charge in [-0.15, -0.1) is 0 Å². The summed E-state index contributed by atoms with van der Waals surface area (Å²) in [6.07, 6.45) is -3.02. The van der Waals surface area contributed by atoms with Crippen molar-refractivity contribution in [2.45, 2.75) is 19.6 Å². The Morgan fingerprint density at radius 2 is 1.95 bits per heavy atom. The smallest absolute Gasteiger partial charge is 0.419 e. The summed E-state index contributed by atoms with van der Waals surface area (Å²) in [6.45, 7) is 1.77. The third-order valence-corrected chi connectivity index (χ3v) is 2.68. The topological polar surface area (TPSA) is 48.1 Å². The second-order valence-corrected chi connectivity index (χ2v) is 4.27. The predicted molar refractivity (Wildman–Crippen MR) is 68.4 cm³/mol. The number of nitrogens with two attached hydrogens (primary N) is 1. The van der Waals surface area contributed by atoms with E-state index >= 15 is 0 Å². The van der Waals surface area contributed by atoms with Gasteiger partial charge in [-0.2, -0.15) is 13.2 Å². The summed E-state index contributed by atoms with van der Waals surface area (Å²) in [5, 5.41) is 0. The minimum absolute atomic E-state index is 0.0394. The Balaban J connectivity index is 2.41. The molecule has 2 aromatic rings. The molecule has 0 spiro atoms. The van der Waals surface area contributed by atoms with Gasteiger partial charge in [0.25, 0.3) is 0 Å². The SMILES string of the molecule is Cc1cc(Oc2ccc(CN)cc2C(F)(F)F)ccn1. The van der Waals surface area contributed by atoms with E-state index in [1.165, 1.54) is 24.4 Å². The molecule has 0 saturated heterocycles. The highest BCUT2D eigenvalue weighted by atomic mass is 19.4. The first-order valence-corrected chi connectivity index (χ1v) is 5.91. The lowest BCUT2D eigenvalue weighted by atomic mass is 10.1. The third-order valence-electron chi connectivity index (χ3n) is 2.68. The van der Waals surface area contributed by atoms with Crippen LogP contribution in [0.1, 0.15) is 16.8 Å². The molecule has 0 atom stereocenters. The molecule has 106 valence electrons. The highest BCUT2D eigenvalue weighted by Gasteiger charge is 2.34. The van der Waals surface area contributed by atoms with Crippen LogP contribution in [0.25, 0.3) is 0 Å². The average Bonchev–Trinajstić information content (AvgIpc) is 2.38. The Labute approximate surface area is 114 Å². The number of halogens is 3. The lowest BCUT2D eigenvalue weighted by Gasteiger charge is -2.15. The van der Waals surface area contributed by atoms with Gasteiger partial charge in [-0.05, 0) is 30.7 Å². The molecule has 0 saturated carbocycles. The van der Waals surface area contributed by atoms with E-state index in [4.69, 9.17) is 10.5 Å². The van der Waals surface area contributed by atoms with Gasteiger partial charge in [0, 0.05) is 24.5 Å². The van der Waals surface area contributed by atoms with Gasteiger partial charge in [0.1, 0.15) is 11.5 Å². The summed E-state index contributed by atoms with van der Waals surface area (Å²) in [5.41, 5.74) is 5.59. The Morgan fingerprint density at radius 1 is 1.20 bits per heavy atom. The van der Waals surface area contributed by atoms with E-state index in [2.05, 4.69) is 4.98 Å². The average molecular weight is 282 g/mol. The van der Waals surface area contributed by atoms with Crippen LogP contribution in [0.3, 0.4) is 0 Å². The number of ether oxygens (including phenoxy) is 1. The van der Waals surface area contributed by atoms with Crippen LogP contribution in [0.15, 0.2) is 36.5 Å². The zero-order valence-corrected chi connectivity index (χ0v) is 10.7. The van der Waals surface area contributed by atoms with Gasteiger partial charge in [0.05, 0.1) is 5.56 Å². The molecule has 20 heavy (non-hydrogen) atoms. The number of pyridine rings is 1. The van der Waals surface area contributed by atoms with Gasteiger partial charge in [0.2, 0.25) is 0 Å². The maximum absolute atomic E-state index is 13.0. The van der Waals surface area contributed by atoms with Crippen LogP contribution in [0.5, 0.6) is 11.5 Å². The van der Waals surface area contributed by atoms with E-state index < -0.39 is 11.7 Å². The number of nitrogens with zero attached hydrogens (tertiary/aromatic N) is 1. The maximum atomic E-state index is 13.0. The molecular formula is C14H13F3N2O. The Morgan fingerprint density at radius 3 is 2.55 bits per heavy atom. The van der Waals surface area contributed by atoms with Crippen LogP contribution < -0.4 is 10.5 Å². The van der Waals surface area contributed by atoms with Crippen molar-refractivity contribution >= 4 is 0 Å². The lowest BCUT2D eigenvalue weighted by Crippen LogP contribution is -2.09. The molecule has 0 amide bonds. The molecule has 0 aliphatic rings. The van der Waals surface area contributed by atoms with Crippen LogP contribution in [0, 0.1) is 6.92 Å². The fourth-order valence-corrected chi connectivity index (χ4v) is 1.72. The van der Waals surface area contributed by atoms with Crippen molar-refractivity contribution in [1.29, 1.82) is 0 Å². The van der Waals surface area contributed by atoms with E-state index in [-0.39, 0.29) is 12.3 Å². The fraction of sp³-hybridized carbons (Fsp3) is 0.214. The highest BCUT2D eigenvalue weighted by molar-refractivity contribution is 5.42. The highest BCUT2D eigenvalue weighted by Crippen LogP contribution is 2.38. The van der Waals surface area contributed by atoms with Gasteiger partial charge in [-0.1, -0.05) is 6.07 Å². The molecule has 0 radical (unpaired) electrons. The summed E-state index contributed by atoms with van der Waals surface area (Å²) in [4.78, 5) is 3.96. The number of aromatic nitrogens is 1. The minimum atomic E-state index is -4.50. The molecule has 1 aromatic heterocycles. The second kappa shape index (κ2) is 5.50. The van der Waals surface area contributed by atoms with Crippen molar-refractivity contribution in [3.8, 4) is 11.5 Å². The molecular weight excluding hydrogens is 269 g/mol. The number of alkyl halides is 3. The molecule has 2 N–H and O–H groups in total. The minimum Gasteiger partial charge on any atom is -0.457 e. The van der Waals surface area contributed by atoms with Crippen molar-refractivity contribution in [3.63, 3.8) is 0 Å². The quantitative estimate of drug-likeness (QED) is 0.934. The molecule has 0 fully saturated rings. The molecule has 0 aliphatic carbocycles. The van der Waals surface area contributed by atoms with Gasteiger partial charge in [-0.3, -0.25) is 4.98 Å². The van der Waals surface area contributed by atoms with Crippen LogP contribution >= 0.6 is 0 Å². The lowest BCUT2D eigenvalue weighted by molar-refractivity contribution is -0.138. The first kappa shape index (κ1) is 14.3. The van der Waals surface area contributed by atoms with E-state index in [0.29, 0.717) is 17.0 Å². The van der Waals surface area contributed by atoms with E-state index in [9.17, 15) is 13.2 Å². The summed E-state index contributed by atoms with van der Waals surface area (Å²) >= 11 is 0. The van der Waals surface area contributed by atoms with Gasteiger partial charge in [-0.25, -0.2) is 0 Å². The normalized spacial score (nSPS) is 11.4. The van der Waals surface area contributed by atoms with E-state index in [1.807, 2.05) is 0 Å². The van der Waals surface area contributed by atoms with Crippen molar-refractivity contribution in [2.24, 2.45) is 5.73 Å². The summed E-state index contributed by atoms with van der Waals surface area (Å²) in [7, 11) is 0. The van der Waals surface area contributed by atoms with Gasteiger partial charge >= 0.3 is 6.18 Å². The van der Waals surface area contributed by atoms with Crippen LogP contribution in [-0.4, -0.2) is 4.98 Å². The Bertz CT molecular complexity index is 612. The van der Waals surface area contributed by atoms with Gasteiger partial charge < -0.3 is 10.5 Å². The summed E-state index contributed by atoms with van der Waals surface area (Å²) in [5.74, 6) is 0.0591. The maximum Gasteiger partial charge on any atom is 0.419 e. The van der Waals surface area contributed by atoms with E-state index in [0.717, 1.165) is 6.07 Å². The molecule has 6 heteroatoms. The molecule has 2 rings (SSSR count). The molecule has 0 unspecified atom stereocenters. The van der Waals surface area contributed by atoms with Crippen molar-refractivity contribution in [1.82, 2.24) is 4.98 Å². The zero-order chi connectivity index (χ0) is 14.8. The van der Waals surface area contributed by atoms with Crippen molar-refractivity contribution in [2.75, 3.05) is 0 Å². The Kier molecular flexibility index (Phi) is 3.94. The van der Waals surface area contributed by atoms with Crippen molar-refractivity contribution in [3.05, 3.63) is 53.3 Å². The first-order valence-electron chi connectivity index (χ1n) is 5.91. The zero-order valence-electron chi connectivity index (χ0n) is 10.7. The largest absolute Gasteiger partial charge is 0.457 e. The van der Waals surface area contributed by atoms with Crippen LogP contribution in [0.4, 0.5) is 13.2 Å². The van der Waals surface area contributed by atoms with Crippen molar-refractivity contribution < 1.29 is 17.9 Å². The summed E-state index contributed by atoms with van der Waals surface area (Å²) < 4.78 is 44.4. The number of rotatable bonds is 3. The Hall–Kier alpha value is -2.08. The van der Waals surface area contributed by atoms with Gasteiger partial charge in [0.15, 0.2) is 0 Å². The summed E-state index contributed by atoms with van der Waals surface area (Å²) in [6, 6.07) is 6.86. The monoisotopic (exact) mass is 282 g/mol. The molecule has 0 aliphatic heterocycles. The van der Waals surface area contributed by atoms with E-state index in [1.54, 1.807) is 13.0 Å². The second-order valence-electron chi connectivity index (χ2n) is 4.27. The number of hydrogen-bond donors (Lipinski definition) is 1. The molecule has 3 nitrogen and oxygen atoms in total.